The van der Waals surface area contributed by atoms with Crippen molar-refractivity contribution in [2.45, 2.75) is 33.4 Å². The third kappa shape index (κ3) is 8.14. The van der Waals surface area contributed by atoms with Gasteiger partial charge in [-0.3, -0.25) is 9.69 Å². The van der Waals surface area contributed by atoms with E-state index >= 15 is 0 Å². The van der Waals surface area contributed by atoms with Gasteiger partial charge in [-0.1, -0.05) is 12.1 Å². The first-order valence-corrected chi connectivity index (χ1v) is 15.9. The van der Waals surface area contributed by atoms with Crippen LogP contribution in [0.1, 0.15) is 36.7 Å². The summed E-state index contributed by atoms with van der Waals surface area (Å²) in [5, 5.41) is 14.8. The van der Waals surface area contributed by atoms with Crippen LogP contribution in [0.2, 0.25) is 0 Å². The second-order valence-electron chi connectivity index (χ2n) is 11.8. The van der Waals surface area contributed by atoms with Gasteiger partial charge in [-0.05, 0) is 76.8 Å². The van der Waals surface area contributed by atoms with Crippen LogP contribution >= 0.6 is 0 Å². The molecule has 0 aliphatic carbocycles. The number of likely N-dealkylation sites (N-methyl/N-ethyl adjacent to an activating group) is 1. The summed E-state index contributed by atoms with van der Waals surface area (Å²) in [5.41, 5.74) is 3.22. The molecule has 5 rings (SSSR count). The van der Waals surface area contributed by atoms with E-state index in [9.17, 15) is 10.1 Å². The maximum Gasteiger partial charge on any atom is 0.307 e. The lowest BCUT2D eigenvalue weighted by atomic mass is 10.1. The van der Waals surface area contributed by atoms with Crippen LogP contribution in [-0.2, 0) is 11.3 Å². The topological polar surface area (TPSA) is 128 Å². The fourth-order valence-electron chi connectivity index (χ4n) is 5.45. The molecule has 2 aromatic carbocycles. The predicted octanol–water partition coefficient (Wildman–Crippen LogP) is 3.87. The summed E-state index contributed by atoms with van der Waals surface area (Å²) in [6.07, 6.45) is 5.09. The Bertz CT molecular complexity index is 1720. The Hall–Kier alpha value is -5.22. The molecule has 13 heteroatoms. The number of amidine groups is 1. The van der Waals surface area contributed by atoms with E-state index < -0.39 is 0 Å². The number of nitriles is 1. The fraction of sp³-hybridized carbons (Fsp3) is 0.412. The zero-order valence-electron chi connectivity index (χ0n) is 27.7. The summed E-state index contributed by atoms with van der Waals surface area (Å²) >= 11 is 0. The van der Waals surface area contributed by atoms with Gasteiger partial charge < -0.3 is 24.2 Å². The Morgan fingerprint density at radius 3 is 2.51 bits per heavy atom. The van der Waals surface area contributed by atoms with Gasteiger partial charge in [0.2, 0.25) is 6.19 Å². The maximum atomic E-state index is 13.5. The van der Waals surface area contributed by atoms with Crippen molar-refractivity contribution < 1.29 is 14.3 Å². The summed E-state index contributed by atoms with van der Waals surface area (Å²) in [7, 11) is 3.96. The maximum absolute atomic E-state index is 13.5. The van der Waals surface area contributed by atoms with Crippen molar-refractivity contribution in [2.75, 3.05) is 69.8 Å². The molecule has 0 radical (unpaired) electrons. The molecule has 1 amide bonds. The number of anilines is 2. The minimum Gasteiger partial charge on any atom is -0.494 e. The molecule has 246 valence electrons. The summed E-state index contributed by atoms with van der Waals surface area (Å²) in [4.78, 5) is 34.6. The zero-order valence-corrected chi connectivity index (χ0v) is 27.7. The van der Waals surface area contributed by atoms with Gasteiger partial charge in [0.05, 0.1) is 30.8 Å². The van der Waals surface area contributed by atoms with E-state index in [4.69, 9.17) is 9.47 Å². The molecule has 1 fully saturated rings. The van der Waals surface area contributed by atoms with Crippen molar-refractivity contribution in [3.8, 4) is 11.9 Å². The van der Waals surface area contributed by atoms with Crippen molar-refractivity contribution in [3.63, 3.8) is 0 Å². The van der Waals surface area contributed by atoms with Crippen LogP contribution in [0.5, 0.6) is 5.75 Å². The molecule has 13 nitrogen and oxygen atoms in total. The van der Waals surface area contributed by atoms with Gasteiger partial charge in [0.25, 0.3) is 5.91 Å². The smallest absolute Gasteiger partial charge is 0.307 e. The number of carbonyl (C=O) groups is 1. The molecule has 0 unspecified atom stereocenters. The first kappa shape index (κ1) is 33.2. The van der Waals surface area contributed by atoms with E-state index in [2.05, 4.69) is 25.0 Å². The number of benzene rings is 2. The number of hydrogen-bond acceptors (Lipinski definition) is 10. The highest BCUT2D eigenvalue weighted by atomic mass is 16.5. The standard InChI is InChI=1S/C34H42N10O3/c1-6-46-29-9-7-8-26(20-29)22-44-32-30(21-39-44)31(37-24-38-32)41-15-17-42(18-16-41)33(45)27-10-12-28(13-11-27)43(19-14-40(4)5)34(36-23-35)47-25(2)3/h7-13,20-21,24-25H,6,14-19,22H2,1-5H3. The lowest BCUT2D eigenvalue weighted by Crippen LogP contribution is -2.49. The SMILES string of the molecule is CCOc1cccc(Cn2ncc3c(N4CCN(C(=O)c5ccc(N(CCN(C)C)C(=NC#N)OC(C)C)cc5)CC4)ncnc32)c1. The molecule has 2 aromatic heterocycles. The third-order valence-corrected chi connectivity index (χ3v) is 7.74. The summed E-state index contributed by atoms with van der Waals surface area (Å²) < 4.78 is 13.4. The molecule has 1 aliphatic rings. The molecule has 1 aliphatic heterocycles. The van der Waals surface area contributed by atoms with E-state index in [-0.39, 0.29) is 18.0 Å². The Labute approximate surface area is 275 Å². The second kappa shape index (κ2) is 15.4. The number of amides is 1. The number of rotatable bonds is 11. The highest BCUT2D eigenvalue weighted by molar-refractivity contribution is 5.96. The minimum atomic E-state index is -0.151. The average Bonchev–Trinajstić information content (AvgIpc) is 3.47. The molecule has 1 saturated heterocycles. The first-order valence-electron chi connectivity index (χ1n) is 15.9. The molecular weight excluding hydrogens is 596 g/mol. The molecule has 0 bridgehead atoms. The van der Waals surface area contributed by atoms with Crippen LogP contribution in [-0.4, -0.2) is 108 Å². The summed E-state index contributed by atoms with van der Waals surface area (Å²) in [6.45, 7) is 10.6. The van der Waals surface area contributed by atoms with Crippen molar-refractivity contribution in [1.82, 2.24) is 29.5 Å². The molecule has 47 heavy (non-hydrogen) atoms. The second-order valence-corrected chi connectivity index (χ2v) is 11.8. The van der Waals surface area contributed by atoms with Gasteiger partial charge in [0, 0.05) is 50.5 Å². The first-order chi connectivity index (χ1) is 22.8. The van der Waals surface area contributed by atoms with Crippen molar-refractivity contribution >= 4 is 34.5 Å². The van der Waals surface area contributed by atoms with E-state index in [1.165, 1.54) is 0 Å². The Balaban J connectivity index is 1.25. The summed E-state index contributed by atoms with van der Waals surface area (Å²) in [6, 6.07) is 15.6. The highest BCUT2D eigenvalue weighted by Crippen LogP contribution is 2.26. The Morgan fingerprint density at radius 1 is 1.06 bits per heavy atom. The molecule has 0 atom stereocenters. The molecule has 4 aromatic rings. The van der Waals surface area contributed by atoms with Crippen molar-refractivity contribution in [3.05, 3.63) is 72.2 Å². The van der Waals surface area contributed by atoms with Gasteiger partial charge in [0.1, 0.15) is 17.9 Å². The van der Waals surface area contributed by atoms with Gasteiger partial charge in [0.15, 0.2) is 5.65 Å². The van der Waals surface area contributed by atoms with Crippen LogP contribution < -0.4 is 14.5 Å². The van der Waals surface area contributed by atoms with Crippen LogP contribution in [0, 0.1) is 11.5 Å². The van der Waals surface area contributed by atoms with Crippen LogP contribution in [0.3, 0.4) is 0 Å². The van der Waals surface area contributed by atoms with Crippen LogP contribution in [0.15, 0.2) is 66.0 Å². The molecule has 3 heterocycles. The van der Waals surface area contributed by atoms with Crippen molar-refractivity contribution in [2.24, 2.45) is 4.99 Å². The normalized spacial score (nSPS) is 13.7. The van der Waals surface area contributed by atoms with E-state index in [0.717, 1.165) is 40.4 Å². The van der Waals surface area contributed by atoms with E-state index in [0.29, 0.717) is 51.4 Å². The van der Waals surface area contributed by atoms with Crippen LogP contribution in [0.25, 0.3) is 11.0 Å². The third-order valence-electron chi connectivity index (χ3n) is 7.74. The molecule has 0 N–H and O–H groups in total. The monoisotopic (exact) mass is 638 g/mol. The molecule has 0 saturated carbocycles. The van der Waals surface area contributed by atoms with Gasteiger partial charge in [-0.2, -0.15) is 10.4 Å². The van der Waals surface area contributed by atoms with Gasteiger partial charge in [-0.25, -0.2) is 14.6 Å². The number of hydrogen-bond donors (Lipinski definition) is 0. The number of nitrogens with zero attached hydrogens (tertiary/aromatic N) is 10. The Morgan fingerprint density at radius 2 is 1.83 bits per heavy atom. The lowest BCUT2D eigenvalue weighted by Gasteiger charge is -2.35. The number of aliphatic imine (C=N–C) groups is 1. The number of fused-ring (bicyclic) bond motifs is 1. The predicted molar refractivity (Wildman–Crippen MR) is 182 cm³/mol. The largest absolute Gasteiger partial charge is 0.494 e. The lowest BCUT2D eigenvalue weighted by molar-refractivity contribution is 0.0746. The minimum absolute atomic E-state index is 0.0321. The van der Waals surface area contributed by atoms with Crippen LogP contribution in [0.4, 0.5) is 11.5 Å². The fourth-order valence-corrected chi connectivity index (χ4v) is 5.45. The number of ether oxygens (including phenoxy) is 2. The summed E-state index contributed by atoms with van der Waals surface area (Å²) in [5.74, 6) is 1.62. The highest BCUT2D eigenvalue weighted by Gasteiger charge is 2.25. The molecule has 0 spiro atoms. The van der Waals surface area contributed by atoms with Gasteiger partial charge in [-0.15, -0.1) is 4.99 Å². The average molecular weight is 639 g/mol. The molecular formula is C34H42N10O3. The van der Waals surface area contributed by atoms with Crippen molar-refractivity contribution in [1.29, 1.82) is 5.26 Å². The quantitative estimate of drug-likeness (QED) is 0.136. The van der Waals surface area contributed by atoms with E-state index in [1.807, 2.05) is 115 Å². The van der Waals surface area contributed by atoms with Gasteiger partial charge >= 0.3 is 6.02 Å². The number of piperazine rings is 1. The number of carbonyl (C=O) groups excluding carboxylic acids is 1. The zero-order chi connectivity index (χ0) is 33.3. The van der Waals surface area contributed by atoms with E-state index in [1.54, 1.807) is 6.33 Å². The Kier molecular flexibility index (Phi) is 10.8. The number of aromatic nitrogens is 4.